The van der Waals surface area contributed by atoms with Gasteiger partial charge in [-0.15, -0.1) is 0 Å². The van der Waals surface area contributed by atoms with Crippen molar-refractivity contribution in [2.24, 2.45) is 5.92 Å². The molecule has 20 heavy (non-hydrogen) atoms. The molecule has 0 aromatic heterocycles. The summed E-state index contributed by atoms with van der Waals surface area (Å²) in [5.41, 5.74) is 1.63. The van der Waals surface area contributed by atoms with Crippen LogP contribution in [0.1, 0.15) is 18.4 Å². The molecule has 0 bridgehead atoms. The van der Waals surface area contributed by atoms with Crippen molar-refractivity contribution in [3.05, 3.63) is 29.8 Å². The molecule has 1 atom stereocenters. The van der Waals surface area contributed by atoms with Crippen LogP contribution in [0.15, 0.2) is 24.3 Å². The molecule has 0 aliphatic carbocycles. The van der Waals surface area contributed by atoms with Crippen LogP contribution in [0.2, 0.25) is 0 Å². The number of hydrogen-bond acceptors (Lipinski definition) is 4. The minimum absolute atomic E-state index is 0.0403. The number of piperidine rings is 1. The molecule has 1 saturated heterocycles. The number of carbonyl (C=O) groups is 2. The molecular weight excluding hydrogens is 256 g/mol. The summed E-state index contributed by atoms with van der Waals surface area (Å²) < 4.78 is 4.61. The number of esters is 1. The highest BCUT2D eigenvalue weighted by atomic mass is 16.5. The van der Waals surface area contributed by atoms with Crippen molar-refractivity contribution in [3.63, 3.8) is 0 Å². The molecule has 2 rings (SSSR count). The minimum Gasteiger partial charge on any atom is -0.469 e. The van der Waals surface area contributed by atoms with Crippen molar-refractivity contribution in [3.8, 4) is 0 Å². The van der Waals surface area contributed by atoms with Gasteiger partial charge >= 0.3 is 5.97 Å². The Kier molecular flexibility index (Phi) is 5.12. The third-order valence-corrected chi connectivity index (χ3v) is 3.47. The number of nitrogens with one attached hydrogen (secondary N) is 2. The van der Waals surface area contributed by atoms with Crippen LogP contribution in [-0.4, -0.2) is 32.1 Å². The summed E-state index contributed by atoms with van der Waals surface area (Å²) in [6.45, 7) is 1.73. The first-order valence-electron chi connectivity index (χ1n) is 6.86. The number of carbonyl (C=O) groups excluding carboxylic acids is 2. The lowest BCUT2D eigenvalue weighted by Gasteiger charge is -2.21. The Hall–Kier alpha value is -1.88. The van der Waals surface area contributed by atoms with E-state index >= 15 is 0 Å². The van der Waals surface area contributed by atoms with E-state index in [0.717, 1.165) is 37.2 Å². The summed E-state index contributed by atoms with van der Waals surface area (Å²) in [6, 6.07) is 7.27. The van der Waals surface area contributed by atoms with E-state index in [1.165, 1.54) is 7.11 Å². The maximum absolute atomic E-state index is 12.1. The van der Waals surface area contributed by atoms with E-state index in [0.29, 0.717) is 0 Å². The molecule has 0 saturated carbocycles. The zero-order chi connectivity index (χ0) is 14.4. The normalized spacial score (nSPS) is 18.4. The van der Waals surface area contributed by atoms with Crippen molar-refractivity contribution in [1.82, 2.24) is 5.32 Å². The molecular formula is C15H20N2O3. The Labute approximate surface area is 118 Å². The van der Waals surface area contributed by atoms with Gasteiger partial charge < -0.3 is 15.4 Å². The van der Waals surface area contributed by atoms with Gasteiger partial charge in [0.05, 0.1) is 19.4 Å². The molecule has 1 aliphatic rings. The summed E-state index contributed by atoms with van der Waals surface area (Å²) >= 11 is 0. The number of amides is 1. The SMILES string of the molecule is COC(=O)Cc1ccc(NC(=O)C2CCCNC2)cc1. The van der Waals surface area contributed by atoms with E-state index in [2.05, 4.69) is 15.4 Å². The van der Waals surface area contributed by atoms with Crippen molar-refractivity contribution in [1.29, 1.82) is 0 Å². The highest BCUT2D eigenvalue weighted by Gasteiger charge is 2.20. The molecule has 0 radical (unpaired) electrons. The second kappa shape index (κ2) is 7.05. The molecule has 2 N–H and O–H groups in total. The second-order valence-electron chi connectivity index (χ2n) is 4.98. The van der Waals surface area contributed by atoms with Gasteiger partial charge in [0.15, 0.2) is 0 Å². The van der Waals surface area contributed by atoms with Crippen molar-refractivity contribution < 1.29 is 14.3 Å². The van der Waals surface area contributed by atoms with E-state index in [1.54, 1.807) is 0 Å². The van der Waals surface area contributed by atoms with Crippen LogP contribution < -0.4 is 10.6 Å². The first-order chi connectivity index (χ1) is 9.69. The summed E-state index contributed by atoms with van der Waals surface area (Å²) in [4.78, 5) is 23.2. The Balaban J connectivity index is 1.89. The smallest absolute Gasteiger partial charge is 0.309 e. The average molecular weight is 276 g/mol. The molecule has 0 spiro atoms. The summed E-state index contributed by atoms with van der Waals surface area (Å²) in [5, 5.41) is 6.14. The minimum atomic E-state index is -0.268. The van der Waals surface area contributed by atoms with Gasteiger partial charge in [-0.3, -0.25) is 9.59 Å². The Morgan fingerprint density at radius 1 is 1.35 bits per heavy atom. The number of rotatable bonds is 4. The quantitative estimate of drug-likeness (QED) is 0.814. The Morgan fingerprint density at radius 2 is 2.10 bits per heavy atom. The van der Waals surface area contributed by atoms with Crippen LogP contribution in [0.4, 0.5) is 5.69 Å². The van der Waals surface area contributed by atoms with Crippen molar-refractivity contribution >= 4 is 17.6 Å². The maximum atomic E-state index is 12.1. The van der Waals surface area contributed by atoms with E-state index in [9.17, 15) is 9.59 Å². The van der Waals surface area contributed by atoms with Crippen LogP contribution in [0, 0.1) is 5.92 Å². The van der Waals surface area contributed by atoms with Gasteiger partial charge in [0.2, 0.25) is 5.91 Å². The van der Waals surface area contributed by atoms with Gasteiger partial charge in [0.25, 0.3) is 0 Å². The predicted octanol–water partition coefficient (Wildman–Crippen LogP) is 1.34. The van der Waals surface area contributed by atoms with Gasteiger partial charge in [-0.2, -0.15) is 0 Å². The summed E-state index contributed by atoms with van der Waals surface area (Å²) in [6.07, 6.45) is 2.21. The monoisotopic (exact) mass is 276 g/mol. The number of methoxy groups -OCH3 is 1. The maximum Gasteiger partial charge on any atom is 0.309 e. The molecule has 1 aromatic carbocycles. The fourth-order valence-electron chi connectivity index (χ4n) is 2.26. The molecule has 1 unspecified atom stereocenters. The molecule has 1 fully saturated rings. The molecule has 1 aliphatic heterocycles. The van der Waals surface area contributed by atoms with Crippen LogP contribution in [-0.2, 0) is 20.7 Å². The van der Waals surface area contributed by atoms with Gasteiger partial charge in [0, 0.05) is 12.2 Å². The topological polar surface area (TPSA) is 67.4 Å². The van der Waals surface area contributed by atoms with Gasteiger partial charge in [-0.25, -0.2) is 0 Å². The molecule has 1 aromatic rings. The van der Waals surface area contributed by atoms with Crippen molar-refractivity contribution in [2.45, 2.75) is 19.3 Å². The van der Waals surface area contributed by atoms with E-state index < -0.39 is 0 Å². The van der Waals surface area contributed by atoms with Gasteiger partial charge in [-0.1, -0.05) is 12.1 Å². The van der Waals surface area contributed by atoms with E-state index in [4.69, 9.17) is 0 Å². The number of anilines is 1. The molecule has 5 heteroatoms. The lowest BCUT2D eigenvalue weighted by atomic mass is 9.99. The van der Waals surface area contributed by atoms with Crippen LogP contribution in [0.3, 0.4) is 0 Å². The van der Waals surface area contributed by atoms with E-state index in [1.807, 2.05) is 24.3 Å². The summed E-state index contributed by atoms with van der Waals surface area (Å²) in [5.74, 6) is -0.175. The lowest BCUT2D eigenvalue weighted by Crippen LogP contribution is -2.37. The number of benzene rings is 1. The first kappa shape index (κ1) is 14.5. The molecule has 1 heterocycles. The second-order valence-corrected chi connectivity index (χ2v) is 4.98. The van der Waals surface area contributed by atoms with Gasteiger partial charge in [-0.05, 0) is 37.1 Å². The largest absolute Gasteiger partial charge is 0.469 e. The van der Waals surface area contributed by atoms with Gasteiger partial charge in [0.1, 0.15) is 0 Å². The summed E-state index contributed by atoms with van der Waals surface area (Å²) in [7, 11) is 1.37. The standard InChI is InChI=1S/C15H20N2O3/c1-20-14(18)9-11-4-6-13(7-5-11)17-15(19)12-3-2-8-16-10-12/h4-7,12,16H,2-3,8-10H2,1H3,(H,17,19). The zero-order valence-electron chi connectivity index (χ0n) is 11.6. The highest BCUT2D eigenvalue weighted by molar-refractivity contribution is 5.92. The predicted molar refractivity (Wildman–Crippen MR) is 76.4 cm³/mol. The third kappa shape index (κ3) is 4.06. The fraction of sp³-hybridized carbons (Fsp3) is 0.467. The van der Waals surface area contributed by atoms with E-state index in [-0.39, 0.29) is 24.2 Å². The molecule has 1 amide bonds. The zero-order valence-corrected chi connectivity index (χ0v) is 11.6. The number of ether oxygens (including phenoxy) is 1. The van der Waals surface area contributed by atoms with Crippen LogP contribution in [0.25, 0.3) is 0 Å². The molecule has 5 nitrogen and oxygen atoms in total. The highest BCUT2D eigenvalue weighted by Crippen LogP contribution is 2.15. The van der Waals surface area contributed by atoms with Crippen molar-refractivity contribution in [2.75, 3.05) is 25.5 Å². The first-order valence-corrected chi connectivity index (χ1v) is 6.86. The lowest BCUT2D eigenvalue weighted by molar-refractivity contribution is -0.139. The average Bonchev–Trinajstić information content (AvgIpc) is 2.50. The third-order valence-electron chi connectivity index (χ3n) is 3.47. The Bertz CT molecular complexity index is 465. The van der Waals surface area contributed by atoms with Crippen LogP contribution in [0.5, 0.6) is 0 Å². The Morgan fingerprint density at radius 3 is 2.70 bits per heavy atom. The fourth-order valence-corrected chi connectivity index (χ4v) is 2.26. The number of hydrogen-bond donors (Lipinski definition) is 2. The molecule has 108 valence electrons. The van der Waals surface area contributed by atoms with Crippen LogP contribution >= 0.6 is 0 Å².